The second kappa shape index (κ2) is 4.97. The third kappa shape index (κ3) is 2.31. The molecule has 0 saturated carbocycles. The first-order valence-electron chi connectivity index (χ1n) is 5.94. The molecule has 0 spiro atoms. The predicted octanol–water partition coefficient (Wildman–Crippen LogP) is 2.12. The Balaban J connectivity index is 1.77. The number of aromatic nitrogens is 3. The number of nitrogens with zero attached hydrogens (tertiary/aromatic N) is 3. The van der Waals surface area contributed by atoms with Crippen molar-refractivity contribution in [1.29, 1.82) is 0 Å². The third-order valence-corrected chi connectivity index (χ3v) is 3.94. The molecule has 0 radical (unpaired) electrons. The normalized spacial score (nSPS) is 11.2. The van der Waals surface area contributed by atoms with Crippen molar-refractivity contribution in [3.8, 4) is 0 Å². The van der Waals surface area contributed by atoms with E-state index in [4.69, 9.17) is 4.42 Å². The summed E-state index contributed by atoms with van der Waals surface area (Å²) >= 11 is 1.62. The molecule has 1 aromatic carbocycles. The zero-order valence-corrected chi connectivity index (χ0v) is 11.3. The number of oxazole rings is 1. The Kier molecular flexibility index (Phi) is 3.16. The molecule has 0 saturated heterocycles. The highest BCUT2D eigenvalue weighted by molar-refractivity contribution is 7.99. The molecular weight excluding hydrogens is 262 g/mol. The van der Waals surface area contributed by atoms with E-state index in [-0.39, 0.29) is 5.76 Å². The Labute approximate surface area is 113 Å². The summed E-state index contributed by atoms with van der Waals surface area (Å²) in [6, 6.07) is 7.46. The maximum absolute atomic E-state index is 11.8. The van der Waals surface area contributed by atoms with E-state index in [1.165, 1.54) is 0 Å². The highest BCUT2D eigenvalue weighted by Gasteiger charge is 2.08. The Morgan fingerprint density at radius 3 is 3.00 bits per heavy atom. The van der Waals surface area contributed by atoms with Gasteiger partial charge in [0.1, 0.15) is 0 Å². The lowest BCUT2D eigenvalue weighted by Gasteiger charge is -2.02. The molecule has 5 nitrogen and oxygen atoms in total. The van der Waals surface area contributed by atoms with E-state index in [0.717, 1.165) is 16.4 Å². The highest BCUT2D eigenvalue weighted by atomic mass is 32.2. The fourth-order valence-corrected chi connectivity index (χ4v) is 2.80. The van der Waals surface area contributed by atoms with Gasteiger partial charge in [-0.25, -0.2) is 9.78 Å². The van der Waals surface area contributed by atoms with Crippen LogP contribution >= 0.6 is 11.8 Å². The smallest absolute Gasteiger partial charge is 0.408 e. The molecule has 3 aromatic rings. The van der Waals surface area contributed by atoms with Crippen LogP contribution in [0.15, 0.2) is 51.0 Å². The zero-order chi connectivity index (χ0) is 13.2. The van der Waals surface area contributed by atoms with Crippen molar-refractivity contribution in [3.63, 3.8) is 0 Å². The summed E-state index contributed by atoms with van der Waals surface area (Å²) in [5.41, 5.74) is 1.47. The molecule has 19 heavy (non-hydrogen) atoms. The number of benzene rings is 1. The van der Waals surface area contributed by atoms with Crippen LogP contribution in [0.4, 0.5) is 0 Å². The van der Waals surface area contributed by atoms with Crippen molar-refractivity contribution in [3.05, 3.63) is 47.2 Å². The van der Waals surface area contributed by atoms with Crippen LogP contribution in [0.3, 0.4) is 0 Å². The van der Waals surface area contributed by atoms with Gasteiger partial charge in [-0.15, -0.1) is 0 Å². The monoisotopic (exact) mass is 275 g/mol. The molecule has 0 aliphatic rings. The molecule has 6 heteroatoms. The van der Waals surface area contributed by atoms with Gasteiger partial charge in [-0.05, 0) is 12.1 Å². The molecule has 98 valence electrons. The second-order valence-electron chi connectivity index (χ2n) is 4.16. The summed E-state index contributed by atoms with van der Waals surface area (Å²) < 4.78 is 8.81. The van der Waals surface area contributed by atoms with Crippen LogP contribution < -0.4 is 5.76 Å². The summed E-state index contributed by atoms with van der Waals surface area (Å²) in [6.07, 6.45) is 3.67. The largest absolute Gasteiger partial charge is 0.419 e. The van der Waals surface area contributed by atoms with E-state index in [1.54, 1.807) is 28.6 Å². The second-order valence-corrected chi connectivity index (χ2v) is 5.22. The van der Waals surface area contributed by atoms with E-state index in [1.807, 2.05) is 36.0 Å². The van der Waals surface area contributed by atoms with Crippen LogP contribution in [0.1, 0.15) is 0 Å². The number of rotatable bonds is 4. The minimum absolute atomic E-state index is 0.304. The molecule has 0 aliphatic carbocycles. The zero-order valence-electron chi connectivity index (χ0n) is 10.4. The Bertz CT molecular complexity index is 756. The van der Waals surface area contributed by atoms with E-state index >= 15 is 0 Å². The number of para-hydroxylation sites is 2. The lowest BCUT2D eigenvalue weighted by atomic mass is 10.3. The molecule has 0 bridgehead atoms. The fourth-order valence-electron chi connectivity index (χ4n) is 1.94. The average Bonchev–Trinajstić information content (AvgIpc) is 2.94. The first-order chi connectivity index (χ1) is 9.25. The molecule has 0 unspecified atom stereocenters. The summed E-state index contributed by atoms with van der Waals surface area (Å²) in [5, 5.41) is 0.945. The maximum Gasteiger partial charge on any atom is 0.419 e. The van der Waals surface area contributed by atoms with Crippen LogP contribution in [0.5, 0.6) is 0 Å². The van der Waals surface area contributed by atoms with Gasteiger partial charge in [-0.3, -0.25) is 4.57 Å². The maximum atomic E-state index is 11.8. The molecule has 0 aliphatic heterocycles. The summed E-state index contributed by atoms with van der Waals surface area (Å²) in [7, 11) is 1.95. The van der Waals surface area contributed by atoms with Crippen LogP contribution in [-0.4, -0.2) is 19.9 Å². The minimum atomic E-state index is -0.304. The van der Waals surface area contributed by atoms with Crippen LogP contribution in [-0.2, 0) is 13.6 Å². The van der Waals surface area contributed by atoms with Gasteiger partial charge in [0.2, 0.25) is 0 Å². The van der Waals surface area contributed by atoms with Gasteiger partial charge in [0.15, 0.2) is 10.7 Å². The standard InChI is InChI=1S/C13H13N3O2S/c1-15-7-6-14-12(15)19-9-8-16-10-4-2-3-5-11(10)18-13(16)17/h2-7H,8-9H2,1H3. The third-order valence-electron chi connectivity index (χ3n) is 2.90. The van der Waals surface area contributed by atoms with Crippen molar-refractivity contribution in [2.24, 2.45) is 7.05 Å². The molecule has 0 N–H and O–H groups in total. The minimum Gasteiger partial charge on any atom is -0.408 e. The number of imidazole rings is 1. The lowest BCUT2D eigenvalue weighted by molar-refractivity contribution is 0.514. The fraction of sp³-hybridized carbons (Fsp3) is 0.231. The summed E-state index contributed by atoms with van der Waals surface area (Å²) in [4.78, 5) is 16.0. The lowest BCUT2D eigenvalue weighted by Crippen LogP contribution is -2.15. The van der Waals surface area contributed by atoms with Gasteiger partial charge in [0, 0.05) is 31.7 Å². The Hall–Kier alpha value is -1.95. The number of hydrogen-bond donors (Lipinski definition) is 0. The van der Waals surface area contributed by atoms with Gasteiger partial charge < -0.3 is 8.98 Å². The topological polar surface area (TPSA) is 53.0 Å². The van der Waals surface area contributed by atoms with Gasteiger partial charge in [0.25, 0.3) is 0 Å². The summed E-state index contributed by atoms with van der Waals surface area (Å²) in [6.45, 7) is 0.605. The Morgan fingerprint density at radius 2 is 2.21 bits per heavy atom. The quantitative estimate of drug-likeness (QED) is 0.684. The van der Waals surface area contributed by atoms with Crippen molar-refractivity contribution in [1.82, 2.24) is 14.1 Å². The Morgan fingerprint density at radius 1 is 1.37 bits per heavy atom. The number of hydrogen-bond acceptors (Lipinski definition) is 4. The predicted molar refractivity (Wildman–Crippen MR) is 74.4 cm³/mol. The molecule has 2 aromatic heterocycles. The van der Waals surface area contributed by atoms with Gasteiger partial charge in [0.05, 0.1) is 5.52 Å². The van der Waals surface area contributed by atoms with Gasteiger partial charge in [-0.2, -0.15) is 0 Å². The van der Waals surface area contributed by atoms with Crippen molar-refractivity contribution >= 4 is 22.9 Å². The molecule has 0 atom stereocenters. The van der Waals surface area contributed by atoms with E-state index in [2.05, 4.69) is 4.98 Å². The van der Waals surface area contributed by atoms with Crippen LogP contribution in [0, 0.1) is 0 Å². The van der Waals surface area contributed by atoms with Crippen molar-refractivity contribution < 1.29 is 4.42 Å². The highest BCUT2D eigenvalue weighted by Crippen LogP contribution is 2.16. The molecule has 2 heterocycles. The average molecular weight is 275 g/mol. The van der Waals surface area contributed by atoms with E-state index < -0.39 is 0 Å². The van der Waals surface area contributed by atoms with Crippen molar-refractivity contribution in [2.45, 2.75) is 11.7 Å². The molecular formula is C13H13N3O2S. The van der Waals surface area contributed by atoms with E-state index in [9.17, 15) is 4.79 Å². The molecule has 0 amide bonds. The van der Waals surface area contributed by atoms with E-state index in [0.29, 0.717) is 12.1 Å². The first-order valence-corrected chi connectivity index (χ1v) is 6.93. The number of aryl methyl sites for hydroxylation is 2. The van der Waals surface area contributed by atoms with Gasteiger partial charge >= 0.3 is 5.76 Å². The van der Waals surface area contributed by atoms with Crippen LogP contribution in [0.25, 0.3) is 11.1 Å². The number of thioether (sulfide) groups is 1. The number of fused-ring (bicyclic) bond motifs is 1. The van der Waals surface area contributed by atoms with Crippen molar-refractivity contribution in [2.75, 3.05) is 5.75 Å². The summed E-state index contributed by atoms with van der Waals surface area (Å²) in [5.74, 6) is 0.468. The molecule has 0 fully saturated rings. The first kappa shape index (κ1) is 12.1. The van der Waals surface area contributed by atoms with Crippen LogP contribution in [0.2, 0.25) is 0 Å². The SMILES string of the molecule is Cn1ccnc1SCCn1c(=O)oc2ccccc21. The molecule has 3 rings (SSSR count). The van der Waals surface area contributed by atoms with Gasteiger partial charge in [-0.1, -0.05) is 23.9 Å².